The first-order chi connectivity index (χ1) is 8.94. The van der Waals surface area contributed by atoms with Crippen LogP contribution in [0.25, 0.3) is 0 Å². The van der Waals surface area contributed by atoms with Crippen LogP contribution < -0.4 is 9.86 Å². The van der Waals surface area contributed by atoms with Gasteiger partial charge < -0.3 is 0 Å². The van der Waals surface area contributed by atoms with Crippen molar-refractivity contribution in [2.75, 3.05) is 13.1 Å². The van der Waals surface area contributed by atoms with Crippen LogP contribution in [0.5, 0.6) is 0 Å². The van der Waals surface area contributed by atoms with Crippen molar-refractivity contribution in [2.24, 2.45) is 11.1 Å². The Morgan fingerprint density at radius 2 is 2.05 bits per heavy atom. The molecule has 0 spiro atoms. The van der Waals surface area contributed by atoms with Crippen LogP contribution in [0.3, 0.4) is 0 Å². The Morgan fingerprint density at radius 1 is 1.37 bits per heavy atom. The third-order valence-electron chi connectivity index (χ3n) is 3.59. The molecule has 0 amide bonds. The van der Waals surface area contributed by atoms with Gasteiger partial charge in [0.1, 0.15) is 0 Å². The largest absolute Gasteiger partial charge is 0.296 e. The van der Waals surface area contributed by atoms with Gasteiger partial charge in [-0.2, -0.15) is 8.42 Å². The molecule has 1 aromatic carbocycles. The number of rotatable bonds is 5. The first-order valence-corrected chi connectivity index (χ1v) is 8.04. The third kappa shape index (κ3) is 4.58. The van der Waals surface area contributed by atoms with E-state index in [0.29, 0.717) is 18.5 Å². The molecule has 0 bridgehead atoms. The molecule has 5 nitrogen and oxygen atoms in total. The molecule has 2 atom stereocenters. The lowest BCUT2D eigenvalue weighted by Crippen LogP contribution is -2.35. The van der Waals surface area contributed by atoms with E-state index in [1.54, 1.807) is 0 Å². The highest BCUT2D eigenvalue weighted by atomic mass is 32.2. The summed E-state index contributed by atoms with van der Waals surface area (Å²) in [6.45, 7) is 4.42. The molecule has 1 aromatic rings. The van der Waals surface area contributed by atoms with Gasteiger partial charge in [-0.1, -0.05) is 30.3 Å². The van der Waals surface area contributed by atoms with E-state index in [4.69, 9.17) is 5.14 Å². The molecular weight excluding hydrogens is 262 g/mol. The SMILES string of the molecule is C[C@H]1C[C@@H](CNS(N)(=O)=O)CN1Cc1ccccc1. The van der Waals surface area contributed by atoms with Crippen molar-refractivity contribution in [1.29, 1.82) is 0 Å². The van der Waals surface area contributed by atoms with Gasteiger partial charge in [-0.15, -0.1) is 0 Å². The highest BCUT2D eigenvalue weighted by Gasteiger charge is 2.29. The number of nitrogens with one attached hydrogen (secondary N) is 1. The normalized spacial score (nSPS) is 24.7. The van der Waals surface area contributed by atoms with Gasteiger partial charge in [-0.25, -0.2) is 9.86 Å². The monoisotopic (exact) mass is 283 g/mol. The second kappa shape index (κ2) is 6.00. The van der Waals surface area contributed by atoms with E-state index in [2.05, 4.69) is 28.7 Å². The summed E-state index contributed by atoms with van der Waals surface area (Å²) < 4.78 is 24.2. The summed E-state index contributed by atoms with van der Waals surface area (Å²) in [5, 5.41) is 4.95. The summed E-state index contributed by atoms with van der Waals surface area (Å²) in [5.41, 5.74) is 1.29. The maximum atomic E-state index is 10.9. The van der Waals surface area contributed by atoms with Gasteiger partial charge in [0.2, 0.25) is 0 Å². The summed E-state index contributed by atoms with van der Waals surface area (Å²) in [6.07, 6.45) is 0.995. The molecule has 2 rings (SSSR count). The third-order valence-corrected chi connectivity index (χ3v) is 4.16. The average Bonchev–Trinajstić information content (AvgIpc) is 2.68. The summed E-state index contributed by atoms with van der Waals surface area (Å²) in [4.78, 5) is 2.38. The summed E-state index contributed by atoms with van der Waals surface area (Å²) in [7, 11) is -3.57. The first kappa shape index (κ1) is 14.5. The van der Waals surface area contributed by atoms with E-state index in [1.807, 2.05) is 18.2 Å². The smallest absolute Gasteiger partial charge is 0.274 e. The molecule has 6 heteroatoms. The molecule has 3 N–H and O–H groups in total. The molecule has 1 aliphatic heterocycles. The van der Waals surface area contributed by atoms with Crippen molar-refractivity contribution in [3.63, 3.8) is 0 Å². The van der Waals surface area contributed by atoms with Crippen LogP contribution >= 0.6 is 0 Å². The molecule has 1 aliphatic rings. The van der Waals surface area contributed by atoms with Crippen molar-refractivity contribution in [3.05, 3.63) is 35.9 Å². The Kier molecular flexibility index (Phi) is 4.57. The number of hydrogen-bond acceptors (Lipinski definition) is 3. The predicted molar refractivity (Wildman–Crippen MR) is 75.5 cm³/mol. The van der Waals surface area contributed by atoms with Gasteiger partial charge in [0.05, 0.1) is 0 Å². The number of hydrogen-bond donors (Lipinski definition) is 2. The van der Waals surface area contributed by atoms with E-state index in [-0.39, 0.29) is 0 Å². The second-order valence-electron chi connectivity index (χ2n) is 5.26. The number of nitrogens with zero attached hydrogens (tertiary/aromatic N) is 1. The van der Waals surface area contributed by atoms with Crippen molar-refractivity contribution in [2.45, 2.75) is 25.9 Å². The zero-order valence-electron chi connectivity index (χ0n) is 11.1. The lowest BCUT2D eigenvalue weighted by molar-refractivity contribution is 0.255. The molecule has 0 aromatic heterocycles. The van der Waals surface area contributed by atoms with Gasteiger partial charge in [0.25, 0.3) is 10.2 Å². The Hall–Kier alpha value is -0.950. The minimum absolute atomic E-state index is 0.331. The van der Waals surface area contributed by atoms with E-state index in [1.165, 1.54) is 5.56 Å². The van der Waals surface area contributed by atoms with E-state index >= 15 is 0 Å². The van der Waals surface area contributed by atoms with Crippen LogP contribution in [0.2, 0.25) is 0 Å². The van der Waals surface area contributed by atoms with E-state index < -0.39 is 10.2 Å². The fourth-order valence-electron chi connectivity index (χ4n) is 2.64. The van der Waals surface area contributed by atoms with Gasteiger partial charge >= 0.3 is 0 Å². The van der Waals surface area contributed by atoms with Crippen molar-refractivity contribution >= 4 is 10.2 Å². The average molecular weight is 283 g/mol. The highest BCUT2D eigenvalue weighted by Crippen LogP contribution is 2.24. The van der Waals surface area contributed by atoms with Gasteiger partial charge in [-0.05, 0) is 24.8 Å². The lowest BCUT2D eigenvalue weighted by Gasteiger charge is -2.21. The summed E-state index contributed by atoms with van der Waals surface area (Å²) in [6, 6.07) is 10.8. The number of nitrogens with two attached hydrogens (primary N) is 1. The van der Waals surface area contributed by atoms with Gasteiger partial charge in [0.15, 0.2) is 0 Å². The maximum absolute atomic E-state index is 10.9. The van der Waals surface area contributed by atoms with E-state index in [0.717, 1.165) is 19.5 Å². The molecule has 0 radical (unpaired) electrons. The van der Waals surface area contributed by atoms with Crippen LogP contribution in [-0.4, -0.2) is 32.4 Å². The molecule has 1 saturated heterocycles. The minimum Gasteiger partial charge on any atom is -0.296 e. The topological polar surface area (TPSA) is 75.4 Å². The van der Waals surface area contributed by atoms with E-state index in [9.17, 15) is 8.42 Å². The molecular formula is C13H21N3O2S. The lowest BCUT2D eigenvalue weighted by atomic mass is 10.1. The van der Waals surface area contributed by atoms with Crippen molar-refractivity contribution < 1.29 is 8.42 Å². The molecule has 0 saturated carbocycles. The Labute approximate surface area is 115 Å². The maximum Gasteiger partial charge on any atom is 0.274 e. The molecule has 1 heterocycles. The first-order valence-electron chi connectivity index (χ1n) is 6.49. The number of benzene rings is 1. The summed E-state index contributed by atoms with van der Waals surface area (Å²) >= 11 is 0. The zero-order valence-corrected chi connectivity index (χ0v) is 11.9. The molecule has 0 unspecified atom stereocenters. The summed E-state index contributed by atoms with van der Waals surface area (Å²) in [5.74, 6) is 0.331. The van der Waals surface area contributed by atoms with Gasteiger partial charge in [-0.3, -0.25) is 4.90 Å². The fraction of sp³-hybridized carbons (Fsp3) is 0.538. The highest BCUT2D eigenvalue weighted by molar-refractivity contribution is 7.87. The van der Waals surface area contributed by atoms with Gasteiger partial charge in [0, 0.05) is 25.7 Å². The Balaban J connectivity index is 1.87. The Morgan fingerprint density at radius 3 is 2.68 bits per heavy atom. The molecule has 1 fully saturated rings. The molecule has 106 valence electrons. The minimum atomic E-state index is -3.57. The quantitative estimate of drug-likeness (QED) is 0.835. The van der Waals surface area contributed by atoms with Crippen LogP contribution in [0.1, 0.15) is 18.9 Å². The van der Waals surface area contributed by atoms with Crippen molar-refractivity contribution in [1.82, 2.24) is 9.62 Å². The number of likely N-dealkylation sites (tertiary alicyclic amines) is 1. The predicted octanol–water partition coefficient (Wildman–Crippen LogP) is 0.690. The van der Waals surface area contributed by atoms with Crippen LogP contribution in [-0.2, 0) is 16.8 Å². The van der Waals surface area contributed by atoms with Crippen LogP contribution in [0, 0.1) is 5.92 Å². The molecule has 19 heavy (non-hydrogen) atoms. The van der Waals surface area contributed by atoms with Crippen LogP contribution in [0.4, 0.5) is 0 Å². The Bertz CT molecular complexity index is 504. The zero-order chi connectivity index (χ0) is 13.9. The van der Waals surface area contributed by atoms with Crippen molar-refractivity contribution in [3.8, 4) is 0 Å². The van der Waals surface area contributed by atoms with Crippen LogP contribution in [0.15, 0.2) is 30.3 Å². The fourth-order valence-corrected chi connectivity index (χ4v) is 3.11. The molecule has 0 aliphatic carbocycles. The standard InChI is InChI=1S/C13H21N3O2S/c1-11-7-13(8-15-19(14,17)18)10-16(11)9-12-5-3-2-4-6-12/h2-6,11,13,15H,7-10H2,1H3,(H2,14,17,18)/t11-,13-/m0/s1. The second-order valence-corrected chi connectivity index (χ2v) is 6.64.